The zero-order valence-electron chi connectivity index (χ0n) is 16.3. The summed E-state index contributed by atoms with van der Waals surface area (Å²) in [5.41, 5.74) is 3.33. The highest BCUT2D eigenvalue weighted by Gasteiger charge is 2.16. The highest BCUT2D eigenvalue weighted by atomic mass is 16.5. The lowest BCUT2D eigenvalue weighted by atomic mass is 10.1. The molecule has 2 aromatic carbocycles. The van der Waals surface area contributed by atoms with Crippen LogP contribution in [0.15, 0.2) is 48.5 Å². The quantitative estimate of drug-likeness (QED) is 0.809. The second-order valence-electron chi connectivity index (χ2n) is 7.13. The van der Waals surface area contributed by atoms with Gasteiger partial charge in [0.2, 0.25) is 5.91 Å². The Balaban J connectivity index is 1.58. The summed E-state index contributed by atoms with van der Waals surface area (Å²) in [4.78, 5) is 16.9. The van der Waals surface area contributed by atoms with E-state index >= 15 is 0 Å². The van der Waals surface area contributed by atoms with Crippen molar-refractivity contribution < 1.29 is 9.53 Å². The fraction of sp³-hybridized carbons (Fsp3) is 0.409. The fourth-order valence-corrected chi connectivity index (χ4v) is 3.58. The first-order valence-corrected chi connectivity index (χ1v) is 9.61. The minimum atomic E-state index is -0.0267. The molecular weight excluding hydrogens is 338 g/mol. The Hall–Kier alpha value is -2.53. The third-order valence-corrected chi connectivity index (χ3v) is 4.90. The first-order valence-electron chi connectivity index (χ1n) is 9.61. The number of carbonyl (C=O) groups excluding carboxylic acids is 1. The minimum Gasteiger partial charge on any atom is -0.497 e. The SMILES string of the molecule is COc1cccc(NC(=O)CN(C)Cc2ccccc2N2CCCCC2)c1. The average Bonchev–Trinajstić information content (AvgIpc) is 2.69. The van der Waals surface area contributed by atoms with Crippen molar-refractivity contribution in [3.05, 3.63) is 54.1 Å². The number of rotatable bonds is 7. The molecule has 0 saturated carbocycles. The first-order chi connectivity index (χ1) is 13.2. The second kappa shape index (κ2) is 9.42. The molecule has 1 heterocycles. The largest absolute Gasteiger partial charge is 0.497 e. The molecule has 1 fully saturated rings. The van der Waals surface area contributed by atoms with Gasteiger partial charge in [0, 0.05) is 37.1 Å². The van der Waals surface area contributed by atoms with E-state index in [4.69, 9.17) is 4.74 Å². The monoisotopic (exact) mass is 367 g/mol. The Kier molecular flexibility index (Phi) is 6.71. The first kappa shape index (κ1) is 19.2. The van der Waals surface area contributed by atoms with Gasteiger partial charge in [0.15, 0.2) is 0 Å². The lowest BCUT2D eigenvalue weighted by Crippen LogP contribution is -2.33. The topological polar surface area (TPSA) is 44.8 Å². The smallest absolute Gasteiger partial charge is 0.238 e. The van der Waals surface area contributed by atoms with Crippen LogP contribution < -0.4 is 15.0 Å². The lowest BCUT2D eigenvalue weighted by molar-refractivity contribution is -0.117. The van der Waals surface area contributed by atoms with E-state index in [1.54, 1.807) is 7.11 Å². The van der Waals surface area contributed by atoms with Gasteiger partial charge >= 0.3 is 0 Å². The van der Waals surface area contributed by atoms with Crippen LogP contribution in [0.5, 0.6) is 5.75 Å². The molecule has 3 rings (SSSR count). The summed E-state index contributed by atoms with van der Waals surface area (Å²) in [6.45, 7) is 3.33. The van der Waals surface area contributed by atoms with Crippen molar-refractivity contribution in [2.24, 2.45) is 0 Å². The van der Waals surface area contributed by atoms with E-state index in [9.17, 15) is 4.79 Å². The van der Waals surface area contributed by atoms with Gasteiger partial charge in [0.25, 0.3) is 0 Å². The van der Waals surface area contributed by atoms with Crippen LogP contribution in [0.2, 0.25) is 0 Å². The number of nitrogens with zero attached hydrogens (tertiary/aromatic N) is 2. The number of carbonyl (C=O) groups is 1. The van der Waals surface area contributed by atoms with Gasteiger partial charge in [-0.3, -0.25) is 9.69 Å². The van der Waals surface area contributed by atoms with E-state index in [1.165, 1.54) is 30.5 Å². The Morgan fingerprint density at radius 3 is 2.67 bits per heavy atom. The zero-order chi connectivity index (χ0) is 19.1. The van der Waals surface area contributed by atoms with Crippen LogP contribution in [0.25, 0.3) is 0 Å². The van der Waals surface area contributed by atoms with Crippen molar-refractivity contribution in [2.45, 2.75) is 25.8 Å². The number of hydrogen-bond donors (Lipinski definition) is 1. The summed E-state index contributed by atoms with van der Waals surface area (Å²) < 4.78 is 5.20. The van der Waals surface area contributed by atoms with E-state index in [-0.39, 0.29) is 5.91 Å². The Morgan fingerprint density at radius 2 is 1.89 bits per heavy atom. The number of nitrogens with one attached hydrogen (secondary N) is 1. The van der Waals surface area contributed by atoms with Gasteiger partial charge in [-0.15, -0.1) is 0 Å². The third-order valence-electron chi connectivity index (χ3n) is 4.90. The van der Waals surface area contributed by atoms with Gasteiger partial charge in [0.1, 0.15) is 5.75 Å². The average molecular weight is 367 g/mol. The standard InChI is InChI=1S/C22H29N3O2/c1-24(17-22(26)23-19-10-8-11-20(15-19)27-2)16-18-9-4-5-12-21(18)25-13-6-3-7-14-25/h4-5,8-12,15H,3,6-7,13-14,16-17H2,1-2H3,(H,23,26). The minimum absolute atomic E-state index is 0.0267. The fourth-order valence-electron chi connectivity index (χ4n) is 3.58. The number of benzene rings is 2. The van der Waals surface area contributed by atoms with Crippen LogP contribution in [0.4, 0.5) is 11.4 Å². The van der Waals surface area contributed by atoms with Gasteiger partial charge in [-0.1, -0.05) is 24.3 Å². The lowest BCUT2D eigenvalue weighted by Gasteiger charge is -2.31. The van der Waals surface area contributed by atoms with Gasteiger partial charge in [0.05, 0.1) is 13.7 Å². The van der Waals surface area contributed by atoms with Gasteiger partial charge < -0.3 is 15.0 Å². The Labute approximate surface area is 161 Å². The van der Waals surface area contributed by atoms with Crippen molar-refractivity contribution >= 4 is 17.3 Å². The summed E-state index contributed by atoms with van der Waals surface area (Å²) in [7, 11) is 3.60. The van der Waals surface area contributed by atoms with Crippen LogP contribution in [0.1, 0.15) is 24.8 Å². The van der Waals surface area contributed by atoms with Gasteiger partial charge in [-0.25, -0.2) is 0 Å². The van der Waals surface area contributed by atoms with Gasteiger partial charge in [-0.05, 0) is 50.1 Å². The molecule has 27 heavy (non-hydrogen) atoms. The van der Waals surface area contributed by atoms with Crippen molar-refractivity contribution in [3.63, 3.8) is 0 Å². The molecular formula is C22H29N3O2. The predicted molar refractivity (Wildman–Crippen MR) is 110 cm³/mol. The van der Waals surface area contributed by atoms with Crippen LogP contribution in [0.3, 0.4) is 0 Å². The molecule has 2 aromatic rings. The maximum atomic E-state index is 12.4. The number of ether oxygens (including phenoxy) is 1. The van der Waals surface area contributed by atoms with Crippen molar-refractivity contribution in [3.8, 4) is 5.75 Å². The van der Waals surface area contributed by atoms with E-state index in [2.05, 4.69) is 39.4 Å². The molecule has 1 N–H and O–H groups in total. The van der Waals surface area contributed by atoms with Crippen LogP contribution in [0, 0.1) is 0 Å². The molecule has 144 valence electrons. The van der Waals surface area contributed by atoms with Gasteiger partial charge in [-0.2, -0.15) is 0 Å². The summed E-state index contributed by atoms with van der Waals surface area (Å²) in [6.07, 6.45) is 3.84. The highest BCUT2D eigenvalue weighted by molar-refractivity contribution is 5.92. The van der Waals surface area contributed by atoms with E-state index < -0.39 is 0 Å². The normalized spacial score (nSPS) is 14.3. The number of hydrogen-bond acceptors (Lipinski definition) is 4. The molecule has 1 aliphatic heterocycles. The number of likely N-dealkylation sites (N-methyl/N-ethyl adjacent to an activating group) is 1. The molecule has 5 nitrogen and oxygen atoms in total. The molecule has 0 radical (unpaired) electrons. The molecule has 5 heteroatoms. The summed E-state index contributed by atoms with van der Waals surface area (Å²) in [5, 5.41) is 2.94. The van der Waals surface area contributed by atoms with Crippen LogP contribution in [-0.4, -0.2) is 44.6 Å². The summed E-state index contributed by atoms with van der Waals surface area (Å²) in [6, 6.07) is 16.0. The van der Waals surface area contributed by atoms with Crippen LogP contribution in [-0.2, 0) is 11.3 Å². The maximum Gasteiger partial charge on any atom is 0.238 e. The Bertz CT molecular complexity index is 757. The van der Waals surface area contributed by atoms with Crippen molar-refractivity contribution in [2.75, 3.05) is 44.0 Å². The molecule has 0 atom stereocenters. The zero-order valence-corrected chi connectivity index (χ0v) is 16.3. The number of anilines is 2. The molecule has 1 aliphatic rings. The third kappa shape index (κ3) is 5.47. The molecule has 0 aromatic heterocycles. The van der Waals surface area contributed by atoms with Crippen molar-refractivity contribution in [1.82, 2.24) is 4.90 Å². The molecule has 0 aliphatic carbocycles. The predicted octanol–water partition coefficient (Wildman–Crippen LogP) is 3.76. The number of amides is 1. The second-order valence-corrected chi connectivity index (χ2v) is 7.13. The number of para-hydroxylation sites is 1. The highest BCUT2D eigenvalue weighted by Crippen LogP contribution is 2.25. The molecule has 0 unspecified atom stereocenters. The number of piperidine rings is 1. The van der Waals surface area contributed by atoms with Crippen LogP contribution >= 0.6 is 0 Å². The molecule has 1 amide bonds. The van der Waals surface area contributed by atoms with Crippen molar-refractivity contribution in [1.29, 1.82) is 0 Å². The van der Waals surface area contributed by atoms with E-state index in [1.807, 2.05) is 31.3 Å². The molecule has 0 bridgehead atoms. The number of methoxy groups -OCH3 is 1. The van der Waals surface area contributed by atoms with E-state index in [0.717, 1.165) is 31.1 Å². The summed E-state index contributed by atoms with van der Waals surface area (Å²) >= 11 is 0. The Morgan fingerprint density at radius 1 is 1.11 bits per heavy atom. The van der Waals surface area contributed by atoms with E-state index in [0.29, 0.717) is 6.54 Å². The molecule has 0 spiro atoms. The molecule has 1 saturated heterocycles. The summed E-state index contributed by atoms with van der Waals surface area (Å²) in [5.74, 6) is 0.706. The maximum absolute atomic E-state index is 12.4.